The third-order valence-electron chi connectivity index (χ3n) is 3.26. The fraction of sp³-hybridized carbons (Fsp3) is 0.583. The molecule has 3 nitrogen and oxygen atoms in total. The van der Waals surface area contributed by atoms with E-state index in [-0.39, 0.29) is 0 Å². The number of nitrogens with one attached hydrogen (secondary N) is 1. The van der Waals surface area contributed by atoms with Crippen LogP contribution in [0.1, 0.15) is 32.6 Å². The summed E-state index contributed by atoms with van der Waals surface area (Å²) in [6.07, 6.45) is 5.14. The van der Waals surface area contributed by atoms with Gasteiger partial charge < -0.3 is 11.1 Å². The van der Waals surface area contributed by atoms with E-state index in [2.05, 4.69) is 17.2 Å². The van der Waals surface area contributed by atoms with Gasteiger partial charge in [-0.1, -0.05) is 24.9 Å². The minimum absolute atomic E-state index is 0.483. The molecule has 4 heteroatoms. The summed E-state index contributed by atoms with van der Waals surface area (Å²) in [6, 6.07) is 3.50. The van der Waals surface area contributed by atoms with E-state index in [1.807, 2.05) is 0 Å². The molecule has 0 spiro atoms. The van der Waals surface area contributed by atoms with Crippen molar-refractivity contribution in [3.8, 4) is 0 Å². The Balaban J connectivity index is 1.97. The lowest BCUT2D eigenvalue weighted by molar-refractivity contribution is 0.485. The third-order valence-corrected chi connectivity index (χ3v) is 3.47. The average molecular weight is 240 g/mol. The van der Waals surface area contributed by atoms with Crippen molar-refractivity contribution in [2.75, 3.05) is 17.6 Å². The lowest BCUT2D eigenvalue weighted by Gasteiger charge is -2.16. The highest BCUT2D eigenvalue weighted by Crippen LogP contribution is 2.49. The Morgan fingerprint density at radius 1 is 1.50 bits per heavy atom. The number of rotatable bonds is 5. The molecular formula is C12H18ClN3. The molecule has 0 aromatic carbocycles. The average Bonchev–Trinajstić information content (AvgIpc) is 3.01. The van der Waals surface area contributed by atoms with E-state index in [9.17, 15) is 0 Å². The number of halogens is 1. The van der Waals surface area contributed by atoms with Crippen LogP contribution in [-0.2, 0) is 0 Å². The summed E-state index contributed by atoms with van der Waals surface area (Å²) < 4.78 is 0. The van der Waals surface area contributed by atoms with Gasteiger partial charge in [-0.15, -0.1) is 0 Å². The molecule has 1 aromatic rings. The summed E-state index contributed by atoms with van der Waals surface area (Å²) in [5.74, 6) is 0.717. The summed E-state index contributed by atoms with van der Waals surface area (Å²) in [7, 11) is 0. The van der Waals surface area contributed by atoms with Gasteiger partial charge >= 0.3 is 0 Å². The van der Waals surface area contributed by atoms with Crippen LogP contribution < -0.4 is 11.1 Å². The van der Waals surface area contributed by atoms with Crippen LogP contribution in [0.15, 0.2) is 12.1 Å². The molecule has 1 heterocycles. The lowest BCUT2D eigenvalue weighted by atomic mass is 10.0. The quantitative estimate of drug-likeness (QED) is 0.776. The van der Waals surface area contributed by atoms with Crippen LogP contribution in [0.4, 0.5) is 11.5 Å². The maximum absolute atomic E-state index is 5.84. The van der Waals surface area contributed by atoms with E-state index in [0.717, 1.165) is 12.4 Å². The molecule has 1 saturated carbocycles. The Labute approximate surface area is 101 Å². The Hall–Kier alpha value is -0.960. The minimum atomic E-state index is 0.483. The van der Waals surface area contributed by atoms with Gasteiger partial charge in [0.2, 0.25) is 0 Å². The Morgan fingerprint density at radius 2 is 2.25 bits per heavy atom. The van der Waals surface area contributed by atoms with Crippen molar-refractivity contribution >= 4 is 23.1 Å². The van der Waals surface area contributed by atoms with Crippen LogP contribution in [0.5, 0.6) is 0 Å². The first-order chi connectivity index (χ1) is 7.65. The van der Waals surface area contributed by atoms with Crippen LogP contribution >= 0.6 is 11.6 Å². The summed E-state index contributed by atoms with van der Waals surface area (Å²) in [5.41, 5.74) is 6.98. The standard InChI is InChI=1S/C12H18ClN3/c1-2-5-12(6-7-12)8-15-11-9(14)3-4-10(13)16-11/h3-4H,2,5-8,14H2,1H3,(H,15,16). The molecule has 0 bridgehead atoms. The van der Waals surface area contributed by atoms with Crippen molar-refractivity contribution in [3.63, 3.8) is 0 Å². The van der Waals surface area contributed by atoms with E-state index in [4.69, 9.17) is 17.3 Å². The van der Waals surface area contributed by atoms with Gasteiger partial charge in [-0.2, -0.15) is 0 Å². The van der Waals surface area contributed by atoms with Gasteiger partial charge in [0.05, 0.1) is 5.69 Å². The third kappa shape index (κ3) is 2.59. The van der Waals surface area contributed by atoms with Crippen molar-refractivity contribution in [1.29, 1.82) is 0 Å². The molecule has 1 aliphatic rings. The summed E-state index contributed by atoms with van der Waals surface area (Å²) in [6.45, 7) is 3.18. The number of nitrogens with zero attached hydrogens (tertiary/aromatic N) is 1. The predicted octanol–water partition coefficient (Wildman–Crippen LogP) is 3.31. The van der Waals surface area contributed by atoms with Crippen molar-refractivity contribution in [1.82, 2.24) is 4.98 Å². The van der Waals surface area contributed by atoms with Gasteiger partial charge in [0.25, 0.3) is 0 Å². The zero-order valence-electron chi connectivity index (χ0n) is 9.59. The van der Waals surface area contributed by atoms with Gasteiger partial charge in [0.15, 0.2) is 5.82 Å². The molecule has 0 unspecified atom stereocenters. The molecule has 3 N–H and O–H groups in total. The highest BCUT2D eigenvalue weighted by Gasteiger charge is 2.41. The molecule has 2 rings (SSSR count). The van der Waals surface area contributed by atoms with Crippen LogP contribution in [0.25, 0.3) is 0 Å². The van der Waals surface area contributed by atoms with E-state index in [1.165, 1.54) is 25.7 Å². The maximum Gasteiger partial charge on any atom is 0.150 e. The number of anilines is 2. The lowest BCUT2D eigenvalue weighted by Crippen LogP contribution is -2.16. The zero-order chi connectivity index (χ0) is 11.6. The van der Waals surface area contributed by atoms with Crippen molar-refractivity contribution in [2.24, 2.45) is 5.41 Å². The zero-order valence-corrected chi connectivity index (χ0v) is 10.3. The van der Waals surface area contributed by atoms with Crippen LogP contribution in [-0.4, -0.2) is 11.5 Å². The Kier molecular flexibility index (Phi) is 3.24. The predicted molar refractivity (Wildman–Crippen MR) is 68.7 cm³/mol. The highest BCUT2D eigenvalue weighted by atomic mass is 35.5. The van der Waals surface area contributed by atoms with Gasteiger partial charge in [-0.25, -0.2) is 4.98 Å². The number of nitrogens with two attached hydrogens (primary N) is 1. The Morgan fingerprint density at radius 3 is 2.88 bits per heavy atom. The second-order valence-electron chi connectivity index (χ2n) is 4.68. The first-order valence-corrected chi connectivity index (χ1v) is 6.19. The minimum Gasteiger partial charge on any atom is -0.396 e. The molecule has 88 valence electrons. The molecular weight excluding hydrogens is 222 g/mol. The van der Waals surface area contributed by atoms with Gasteiger partial charge in [-0.3, -0.25) is 0 Å². The van der Waals surface area contributed by atoms with Gasteiger partial charge in [0.1, 0.15) is 5.15 Å². The molecule has 1 aliphatic carbocycles. The second kappa shape index (κ2) is 4.50. The largest absolute Gasteiger partial charge is 0.396 e. The normalized spacial score (nSPS) is 17.1. The fourth-order valence-electron chi connectivity index (χ4n) is 2.08. The van der Waals surface area contributed by atoms with Gasteiger partial charge in [0, 0.05) is 6.54 Å². The van der Waals surface area contributed by atoms with Crippen molar-refractivity contribution in [3.05, 3.63) is 17.3 Å². The molecule has 1 fully saturated rings. The van der Waals surface area contributed by atoms with E-state index < -0.39 is 0 Å². The number of hydrogen-bond donors (Lipinski definition) is 2. The molecule has 0 saturated heterocycles. The molecule has 16 heavy (non-hydrogen) atoms. The van der Waals surface area contributed by atoms with Crippen LogP contribution in [0.2, 0.25) is 5.15 Å². The highest BCUT2D eigenvalue weighted by molar-refractivity contribution is 6.29. The number of aromatic nitrogens is 1. The molecule has 0 radical (unpaired) electrons. The van der Waals surface area contributed by atoms with E-state index in [0.29, 0.717) is 16.3 Å². The monoisotopic (exact) mass is 239 g/mol. The second-order valence-corrected chi connectivity index (χ2v) is 5.06. The number of nitrogen functional groups attached to an aromatic ring is 1. The van der Waals surface area contributed by atoms with E-state index >= 15 is 0 Å². The summed E-state index contributed by atoms with van der Waals surface area (Å²) in [4.78, 5) is 4.19. The fourth-order valence-corrected chi connectivity index (χ4v) is 2.23. The van der Waals surface area contributed by atoms with Crippen molar-refractivity contribution < 1.29 is 0 Å². The van der Waals surface area contributed by atoms with Crippen LogP contribution in [0.3, 0.4) is 0 Å². The SMILES string of the molecule is CCCC1(CNc2nc(Cl)ccc2N)CC1. The van der Waals surface area contributed by atoms with E-state index in [1.54, 1.807) is 12.1 Å². The maximum atomic E-state index is 5.84. The molecule has 0 amide bonds. The first kappa shape index (κ1) is 11.5. The molecule has 0 aliphatic heterocycles. The first-order valence-electron chi connectivity index (χ1n) is 5.81. The molecule has 0 atom stereocenters. The Bertz CT molecular complexity index is 375. The molecule has 1 aromatic heterocycles. The number of pyridine rings is 1. The van der Waals surface area contributed by atoms with Crippen LogP contribution in [0, 0.1) is 5.41 Å². The topological polar surface area (TPSA) is 50.9 Å². The van der Waals surface area contributed by atoms with Crippen molar-refractivity contribution in [2.45, 2.75) is 32.6 Å². The smallest absolute Gasteiger partial charge is 0.150 e. The number of hydrogen-bond acceptors (Lipinski definition) is 3. The summed E-state index contributed by atoms with van der Waals surface area (Å²) >= 11 is 5.84. The summed E-state index contributed by atoms with van der Waals surface area (Å²) in [5, 5.41) is 3.80. The van der Waals surface area contributed by atoms with Gasteiger partial charge in [-0.05, 0) is 36.8 Å².